The summed E-state index contributed by atoms with van der Waals surface area (Å²) < 4.78 is 31.0. The summed E-state index contributed by atoms with van der Waals surface area (Å²) in [5, 5.41) is 0.154. The van der Waals surface area contributed by atoms with Gasteiger partial charge in [-0.25, -0.2) is 13.6 Å². The molecule has 2 aromatic rings. The van der Waals surface area contributed by atoms with E-state index in [0.717, 1.165) is 12.1 Å². The molecule has 3 nitrogen and oxygen atoms in total. The van der Waals surface area contributed by atoms with Gasteiger partial charge in [0.15, 0.2) is 0 Å². The summed E-state index contributed by atoms with van der Waals surface area (Å²) in [6, 6.07) is 7.35. The number of carbonyl (C=O) groups is 1. The molecule has 0 saturated heterocycles. The quantitative estimate of drug-likeness (QED) is 0.696. The van der Waals surface area contributed by atoms with E-state index in [1.165, 1.54) is 24.3 Å². The average molecular weight is 298 g/mol. The summed E-state index contributed by atoms with van der Waals surface area (Å²) in [4.78, 5) is 11.7. The fraction of sp³-hybridized carbons (Fsp3) is 0.0714. The molecule has 0 aromatic heterocycles. The number of halogens is 3. The Kier molecular flexibility index (Phi) is 4.20. The smallest absolute Gasteiger partial charge is 0.338 e. The van der Waals surface area contributed by atoms with Crippen LogP contribution >= 0.6 is 11.6 Å². The largest absolute Gasteiger partial charge is 0.457 e. The maximum Gasteiger partial charge on any atom is 0.338 e. The van der Waals surface area contributed by atoms with Crippen LogP contribution in [0.25, 0.3) is 0 Å². The third-order valence-corrected chi connectivity index (χ3v) is 2.96. The number of rotatable bonds is 3. The number of nitrogen functional groups attached to an aromatic ring is 1. The lowest BCUT2D eigenvalue weighted by Gasteiger charge is -2.07. The van der Waals surface area contributed by atoms with Gasteiger partial charge in [0, 0.05) is 5.56 Å². The molecule has 0 unspecified atom stereocenters. The van der Waals surface area contributed by atoms with E-state index in [0.29, 0.717) is 5.56 Å². The molecule has 0 heterocycles. The van der Waals surface area contributed by atoms with Crippen LogP contribution in [0.3, 0.4) is 0 Å². The minimum atomic E-state index is -0.718. The van der Waals surface area contributed by atoms with Crippen LogP contribution < -0.4 is 5.73 Å². The maximum absolute atomic E-state index is 13.2. The fourth-order valence-corrected chi connectivity index (χ4v) is 1.74. The number of benzene rings is 2. The first kappa shape index (κ1) is 14.3. The molecular formula is C14H10ClF2NO2. The van der Waals surface area contributed by atoms with Gasteiger partial charge in [0.1, 0.15) is 18.2 Å². The molecule has 0 aliphatic carbocycles. The zero-order valence-electron chi connectivity index (χ0n) is 10.2. The van der Waals surface area contributed by atoms with Crippen LogP contribution in [-0.4, -0.2) is 5.97 Å². The third kappa shape index (κ3) is 3.24. The second-order valence-electron chi connectivity index (χ2n) is 4.05. The van der Waals surface area contributed by atoms with Crippen molar-refractivity contribution in [3.63, 3.8) is 0 Å². The molecule has 0 atom stereocenters. The minimum Gasteiger partial charge on any atom is -0.457 e. The molecule has 0 fully saturated rings. The number of nitrogens with two attached hydrogens (primary N) is 1. The number of anilines is 1. The zero-order chi connectivity index (χ0) is 14.7. The Morgan fingerprint density at radius 2 is 1.95 bits per heavy atom. The summed E-state index contributed by atoms with van der Waals surface area (Å²) in [6.07, 6.45) is 0. The van der Waals surface area contributed by atoms with E-state index in [-0.39, 0.29) is 22.9 Å². The van der Waals surface area contributed by atoms with Gasteiger partial charge in [0.2, 0.25) is 0 Å². The van der Waals surface area contributed by atoms with Gasteiger partial charge in [-0.05, 0) is 30.3 Å². The Labute approximate surface area is 118 Å². The Bertz CT molecular complexity index is 662. The molecule has 2 rings (SSSR count). The van der Waals surface area contributed by atoms with E-state index in [4.69, 9.17) is 22.1 Å². The average Bonchev–Trinajstić information content (AvgIpc) is 2.40. The van der Waals surface area contributed by atoms with Crippen molar-refractivity contribution in [3.8, 4) is 0 Å². The standard InChI is InChI=1S/C14H10ClF2NO2/c15-11-6-10(16)3-1-9(11)7-20-14(19)8-2-4-13(18)12(17)5-8/h1-6H,7,18H2. The molecule has 104 valence electrons. The molecule has 0 spiro atoms. The van der Waals surface area contributed by atoms with Gasteiger partial charge in [-0.2, -0.15) is 0 Å². The van der Waals surface area contributed by atoms with Crippen LogP contribution in [0.1, 0.15) is 15.9 Å². The van der Waals surface area contributed by atoms with Crippen molar-refractivity contribution in [1.82, 2.24) is 0 Å². The van der Waals surface area contributed by atoms with Crippen molar-refractivity contribution < 1.29 is 18.3 Å². The van der Waals surface area contributed by atoms with Gasteiger partial charge in [-0.1, -0.05) is 17.7 Å². The van der Waals surface area contributed by atoms with Crippen LogP contribution in [0.4, 0.5) is 14.5 Å². The predicted octanol–water partition coefficient (Wildman–Crippen LogP) is 3.56. The van der Waals surface area contributed by atoms with E-state index >= 15 is 0 Å². The van der Waals surface area contributed by atoms with Gasteiger partial charge in [-0.3, -0.25) is 0 Å². The van der Waals surface area contributed by atoms with Crippen LogP contribution in [0.2, 0.25) is 5.02 Å². The van der Waals surface area contributed by atoms with Crippen molar-refractivity contribution in [2.75, 3.05) is 5.73 Å². The lowest BCUT2D eigenvalue weighted by atomic mass is 10.2. The minimum absolute atomic E-state index is 0.0370. The van der Waals surface area contributed by atoms with E-state index in [9.17, 15) is 13.6 Å². The van der Waals surface area contributed by atoms with E-state index in [1.54, 1.807) is 0 Å². The van der Waals surface area contributed by atoms with Crippen molar-refractivity contribution in [1.29, 1.82) is 0 Å². The van der Waals surface area contributed by atoms with Crippen LogP contribution in [0, 0.1) is 11.6 Å². The molecule has 6 heteroatoms. The van der Waals surface area contributed by atoms with Gasteiger partial charge in [0.25, 0.3) is 0 Å². The lowest BCUT2D eigenvalue weighted by molar-refractivity contribution is 0.0472. The highest BCUT2D eigenvalue weighted by Gasteiger charge is 2.11. The number of esters is 1. The molecule has 0 amide bonds. The van der Waals surface area contributed by atoms with E-state index < -0.39 is 17.6 Å². The third-order valence-electron chi connectivity index (χ3n) is 2.61. The molecule has 2 N–H and O–H groups in total. The fourth-order valence-electron chi connectivity index (χ4n) is 1.52. The first-order valence-electron chi connectivity index (χ1n) is 5.63. The molecule has 2 aromatic carbocycles. The summed E-state index contributed by atoms with van der Waals surface area (Å²) in [6.45, 7) is -0.135. The number of hydrogen-bond acceptors (Lipinski definition) is 3. The Hall–Kier alpha value is -2.14. The Morgan fingerprint density at radius 3 is 2.60 bits per heavy atom. The first-order valence-corrected chi connectivity index (χ1v) is 6.01. The SMILES string of the molecule is Nc1ccc(C(=O)OCc2ccc(F)cc2Cl)cc1F. The normalized spacial score (nSPS) is 10.3. The van der Waals surface area contributed by atoms with Crippen LogP contribution in [0.5, 0.6) is 0 Å². The Balaban J connectivity index is 2.06. The number of ether oxygens (including phenoxy) is 1. The number of carbonyl (C=O) groups excluding carboxylic acids is 1. The van der Waals surface area contributed by atoms with Gasteiger partial charge >= 0.3 is 5.97 Å². The molecular weight excluding hydrogens is 288 g/mol. The highest BCUT2D eigenvalue weighted by Crippen LogP contribution is 2.19. The summed E-state index contributed by atoms with van der Waals surface area (Å²) >= 11 is 5.80. The second-order valence-corrected chi connectivity index (χ2v) is 4.46. The topological polar surface area (TPSA) is 52.3 Å². The zero-order valence-corrected chi connectivity index (χ0v) is 11.0. The lowest BCUT2D eigenvalue weighted by Crippen LogP contribution is -2.06. The molecule has 0 aliphatic heterocycles. The number of hydrogen-bond donors (Lipinski definition) is 1. The summed E-state index contributed by atoms with van der Waals surface area (Å²) in [5.41, 5.74) is 5.75. The molecule has 20 heavy (non-hydrogen) atoms. The van der Waals surface area contributed by atoms with Crippen molar-refractivity contribution in [3.05, 3.63) is 64.2 Å². The van der Waals surface area contributed by atoms with Crippen molar-refractivity contribution in [2.24, 2.45) is 0 Å². The molecule has 0 aliphatic rings. The second kappa shape index (κ2) is 5.88. The van der Waals surface area contributed by atoms with Gasteiger partial charge in [0.05, 0.1) is 16.3 Å². The highest BCUT2D eigenvalue weighted by molar-refractivity contribution is 6.31. The Morgan fingerprint density at radius 1 is 1.20 bits per heavy atom. The first-order chi connectivity index (χ1) is 9.47. The van der Waals surface area contributed by atoms with Crippen LogP contribution in [-0.2, 0) is 11.3 Å². The molecule has 0 radical (unpaired) electrons. The predicted molar refractivity (Wildman–Crippen MR) is 71.3 cm³/mol. The summed E-state index contributed by atoms with van der Waals surface area (Å²) in [7, 11) is 0. The van der Waals surface area contributed by atoms with Gasteiger partial charge in [-0.15, -0.1) is 0 Å². The summed E-state index contributed by atoms with van der Waals surface area (Å²) in [5.74, 6) is -1.89. The van der Waals surface area contributed by atoms with Crippen molar-refractivity contribution in [2.45, 2.75) is 6.61 Å². The van der Waals surface area contributed by atoms with E-state index in [2.05, 4.69) is 0 Å². The van der Waals surface area contributed by atoms with E-state index in [1.807, 2.05) is 0 Å². The highest BCUT2D eigenvalue weighted by atomic mass is 35.5. The van der Waals surface area contributed by atoms with Crippen LogP contribution in [0.15, 0.2) is 36.4 Å². The van der Waals surface area contributed by atoms with Gasteiger partial charge < -0.3 is 10.5 Å². The molecule has 0 saturated carbocycles. The maximum atomic E-state index is 13.2. The van der Waals surface area contributed by atoms with Crippen molar-refractivity contribution >= 4 is 23.3 Å². The molecule has 0 bridgehead atoms. The monoisotopic (exact) mass is 297 g/mol.